The highest BCUT2D eigenvalue weighted by molar-refractivity contribution is 5.27. The van der Waals surface area contributed by atoms with Crippen LogP contribution in [0.2, 0.25) is 0 Å². The molecule has 1 saturated heterocycles. The SMILES string of the molecule is CCCCc1ccc(OCCC2CCCNC2)cc1. The van der Waals surface area contributed by atoms with Gasteiger partial charge in [0.05, 0.1) is 6.61 Å². The van der Waals surface area contributed by atoms with Crippen molar-refractivity contribution in [2.45, 2.75) is 45.4 Å². The Labute approximate surface area is 117 Å². The quantitative estimate of drug-likeness (QED) is 0.806. The highest BCUT2D eigenvalue weighted by Gasteiger charge is 2.12. The van der Waals surface area contributed by atoms with Gasteiger partial charge in [-0.1, -0.05) is 25.5 Å². The minimum absolute atomic E-state index is 0.803. The summed E-state index contributed by atoms with van der Waals surface area (Å²) in [5.74, 6) is 1.82. The number of nitrogens with one attached hydrogen (secondary N) is 1. The molecule has 0 spiro atoms. The predicted molar refractivity (Wildman–Crippen MR) is 80.8 cm³/mol. The van der Waals surface area contributed by atoms with Crippen molar-refractivity contribution in [3.63, 3.8) is 0 Å². The van der Waals surface area contributed by atoms with Crippen molar-refractivity contribution in [1.29, 1.82) is 0 Å². The molecule has 1 unspecified atom stereocenters. The monoisotopic (exact) mass is 261 g/mol. The first-order chi connectivity index (χ1) is 9.38. The predicted octanol–water partition coefficient (Wildman–Crippen LogP) is 3.80. The Morgan fingerprint density at radius 3 is 2.79 bits per heavy atom. The third-order valence-electron chi connectivity index (χ3n) is 3.94. The molecular weight excluding hydrogens is 234 g/mol. The van der Waals surface area contributed by atoms with Crippen molar-refractivity contribution in [2.24, 2.45) is 5.92 Å². The fraction of sp³-hybridized carbons (Fsp3) is 0.647. The van der Waals surface area contributed by atoms with E-state index in [0.29, 0.717) is 0 Å². The first-order valence-corrected chi connectivity index (χ1v) is 7.81. The largest absolute Gasteiger partial charge is 0.494 e. The first kappa shape index (κ1) is 14.4. The molecule has 2 heteroatoms. The van der Waals surface area contributed by atoms with Gasteiger partial charge in [0.1, 0.15) is 5.75 Å². The van der Waals surface area contributed by atoms with E-state index in [9.17, 15) is 0 Å². The summed E-state index contributed by atoms with van der Waals surface area (Å²) in [6, 6.07) is 8.63. The summed E-state index contributed by atoms with van der Waals surface area (Å²) in [5, 5.41) is 3.45. The van der Waals surface area contributed by atoms with Gasteiger partial charge in [0.2, 0.25) is 0 Å². The highest BCUT2D eigenvalue weighted by atomic mass is 16.5. The van der Waals surface area contributed by atoms with Gasteiger partial charge in [0.15, 0.2) is 0 Å². The van der Waals surface area contributed by atoms with E-state index in [2.05, 4.69) is 36.5 Å². The lowest BCUT2D eigenvalue weighted by Gasteiger charge is -2.22. The van der Waals surface area contributed by atoms with E-state index in [-0.39, 0.29) is 0 Å². The minimum atomic E-state index is 0.803. The van der Waals surface area contributed by atoms with Crippen LogP contribution < -0.4 is 10.1 Å². The summed E-state index contributed by atoms with van der Waals surface area (Å²) < 4.78 is 5.84. The molecule has 0 radical (unpaired) electrons. The molecule has 1 aromatic carbocycles. The molecule has 0 amide bonds. The van der Waals surface area contributed by atoms with E-state index >= 15 is 0 Å². The van der Waals surface area contributed by atoms with E-state index < -0.39 is 0 Å². The van der Waals surface area contributed by atoms with E-state index in [1.165, 1.54) is 57.2 Å². The van der Waals surface area contributed by atoms with Gasteiger partial charge in [-0.2, -0.15) is 0 Å². The summed E-state index contributed by atoms with van der Waals surface area (Å²) in [4.78, 5) is 0. The van der Waals surface area contributed by atoms with Crippen LogP contribution in [0.3, 0.4) is 0 Å². The van der Waals surface area contributed by atoms with Crippen molar-refractivity contribution in [3.8, 4) is 5.75 Å². The maximum Gasteiger partial charge on any atom is 0.119 e. The summed E-state index contributed by atoms with van der Waals surface area (Å²) in [6.07, 6.45) is 7.56. The molecule has 1 atom stereocenters. The maximum absolute atomic E-state index is 5.84. The Morgan fingerprint density at radius 2 is 2.11 bits per heavy atom. The lowest BCUT2D eigenvalue weighted by molar-refractivity contribution is 0.254. The molecule has 2 rings (SSSR count). The second kappa shape index (κ2) is 8.21. The molecule has 0 bridgehead atoms. The van der Waals surface area contributed by atoms with Crippen molar-refractivity contribution < 1.29 is 4.74 Å². The van der Waals surface area contributed by atoms with Crippen LogP contribution in [0, 0.1) is 5.92 Å². The molecule has 1 heterocycles. The highest BCUT2D eigenvalue weighted by Crippen LogP contribution is 2.17. The normalized spacial score (nSPS) is 19.3. The lowest BCUT2D eigenvalue weighted by Crippen LogP contribution is -2.30. The summed E-state index contributed by atoms with van der Waals surface area (Å²) in [6.45, 7) is 5.44. The van der Waals surface area contributed by atoms with Crippen LogP contribution in [0.15, 0.2) is 24.3 Å². The van der Waals surface area contributed by atoms with Gasteiger partial charge < -0.3 is 10.1 Å². The molecule has 0 aliphatic carbocycles. The Hall–Kier alpha value is -1.02. The number of hydrogen-bond donors (Lipinski definition) is 1. The van der Waals surface area contributed by atoms with Crippen LogP contribution in [0.5, 0.6) is 5.75 Å². The zero-order chi connectivity index (χ0) is 13.3. The Bertz CT molecular complexity index is 341. The molecular formula is C17H27NO. The van der Waals surface area contributed by atoms with Gasteiger partial charge in [-0.15, -0.1) is 0 Å². The number of piperidine rings is 1. The lowest BCUT2D eigenvalue weighted by atomic mass is 9.97. The average molecular weight is 261 g/mol. The smallest absolute Gasteiger partial charge is 0.119 e. The van der Waals surface area contributed by atoms with Crippen LogP contribution in [0.1, 0.15) is 44.6 Å². The molecule has 1 N–H and O–H groups in total. The minimum Gasteiger partial charge on any atom is -0.494 e. The van der Waals surface area contributed by atoms with Crippen LogP contribution >= 0.6 is 0 Å². The molecule has 1 fully saturated rings. The van der Waals surface area contributed by atoms with Gasteiger partial charge in [-0.05, 0) is 68.8 Å². The zero-order valence-electron chi connectivity index (χ0n) is 12.2. The molecule has 0 saturated carbocycles. The van der Waals surface area contributed by atoms with Crippen LogP contribution in [0.25, 0.3) is 0 Å². The second-order valence-electron chi connectivity index (χ2n) is 5.60. The van der Waals surface area contributed by atoms with Gasteiger partial charge in [0.25, 0.3) is 0 Å². The van der Waals surface area contributed by atoms with Crippen LogP contribution in [0.4, 0.5) is 0 Å². The molecule has 0 aromatic heterocycles. The number of ether oxygens (including phenoxy) is 1. The third kappa shape index (κ3) is 5.23. The molecule has 1 aromatic rings. The van der Waals surface area contributed by atoms with E-state index in [4.69, 9.17) is 4.74 Å². The van der Waals surface area contributed by atoms with Gasteiger partial charge >= 0.3 is 0 Å². The zero-order valence-corrected chi connectivity index (χ0v) is 12.2. The van der Waals surface area contributed by atoms with Crippen LogP contribution in [-0.4, -0.2) is 19.7 Å². The topological polar surface area (TPSA) is 21.3 Å². The molecule has 19 heavy (non-hydrogen) atoms. The van der Waals surface area contributed by atoms with E-state index in [1.807, 2.05) is 0 Å². The third-order valence-corrected chi connectivity index (χ3v) is 3.94. The average Bonchev–Trinajstić information content (AvgIpc) is 2.47. The maximum atomic E-state index is 5.84. The van der Waals surface area contributed by atoms with Gasteiger partial charge in [-0.3, -0.25) is 0 Å². The number of benzene rings is 1. The van der Waals surface area contributed by atoms with Crippen molar-refractivity contribution >= 4 is 0 Å². The van der Waals surface area contributed by atoms with E-state index in [0.717, 1.165) is 18.3 Å². The van der Waals surface area contributed by atoms with Gasteiger partial charge in [0, 0.05) is 0 Å². The Morgan fingerprint density at radius 1 is 1.26 bits per heavy atom. The van der Waals surface area contributed by atoms with Gasteiger partial charge in [-0.25, -0.2) is 0 Å². The fourth-order valence-corrected chi connectivity index (χ4v) is 2.65. The van der Waals surface area contributed by atoms with E-state index in [1.54, 1.807) is 0 Å². The number of unbranched alkanes of at least 4 members (excludes halogenated alkanes) is 1. The van der Waals surface area contributed by atoms with Crippen molar-refractivity contribution in [2.75, 3.05) is 19.7 Å². The number of hydrogen-bond acceptors (Lipinski definition) is 2. The number of aryl methyl sites for hydroxylation is 1. The first-order valence-electron chi connectivity index (χ1n) is 7.81. The van der Waals surface area contributed by atoms with Crippen LogP contribution in [-0.2, 0) is 6.42 Å². The summed E-state index contributed by atoms with van der Waals surface area (Å²) in [5.41, 5.74) is 1.42. The Balaban J connectivity index is 1.67. The molecule has 106 valence electrons. The standard InChI is InChI=1S/C17H27NO/c1-2-3-5-15-7-9-17(10-8-15)19-13-11-16-6-4-12-18-14-16/h7-10,16,18H,2-6,11-14H2,1H3. The molecule has 1 aliphatic heterocycles. The van der Waals surface area contributed by atoms with Crippen molar-refractivity contribution in [3.05, 3.63) is 29.8 Å². The van der Waals surface area contributed by atoms with Crippen molar-refractivity contribution in [1.82, 2.24) is 5.32 Å². The fourth-order valence-electron chi connectivity index (χ4n) is 2.65. The molecule has 2 nitrogen and oxygen atoms in total. The summed E-state index contributed by atoms with van der Waals surface area (Å²) >= 11 is 0. The molecule has 1 aliphatic rings. The Kier molecular flexibility index (Phi) is 6.22. The summed E-state index contributed by atoms with van der Waals surface area (Å²) in [7, 11) is 0. The second-order valence-corrected chi connectivity index (χ2v) is 5.60. The number of rotatable bonds is 7.